The number of rotatable bonds is 7. The van der Waals surface area contributed by atoms with Crippen LogP contribution in [0.3, 0.4) is 0 Å². The lowest BCUT2D eigenvalue weighted by Crippen LogP contribution is -2.57. The van der Waals surface area contributed by atoms with E-state index in [1.807, 2.05) is 18.7 Å². The lowest BCUT2D eigenvalue weighted by Gasteiger charge is -2.46. The maximum Gasteiger partial charge on any atom is 0.291 e. The molecule has 2 N–H and O–H groups in total. The highest BCUT2D eigenvalue weighted by molar-refractivity contribution is 5.97. The van der Waals surface area contributed by atoms with Gasteiger partial charge in [-0.05, 0) is 24.8 Å². The van der Waals surface area contributed by atoms with Gasteiger partial charge in [-0.3, -0.25) is 23.9 Å². The van der Waals surface area contributed by atoms with Crippen molar-refractivity contribution in [3.63, 3.8) is 0 Å². The molecule has 10 nitrogen and oxygen atoms in total. The molecule has 0 bridgehead atoms. The van der Waals surface area contributed by atoms with Gasteiger partial charge in [0.25, 0.3) is 17.4 Å². The molecule has 1 saturated heterocycles. The number of carbonyl (C=O) groups excluding carboxylic acids is 2. The average molecular weight is 519 g/mol. The van der Waals surface area contributed by atoms with Crippen molar-refractivity contribution in [1.29, 1.82) is 0 Å². The third-order valence-corrected chi connectivity index (χ3v) is 7.22. The fraction of sp³-hybridized carbons (Fsp3) is 0.600. The van der Waals surface area contributed by atoms with Crippen LogP contribution >= 0.6 is 0 Å². The van der Waals surface area contributed by atoms with Crippen LogP contribution in [0.15, 0.2) is 17.1 Å². The minimum atomic E-state index is -2.57. The molecular formula is C25H32F2N6O4. The van der Waals surface area contributed by atoms with E-state index in [-0.39, 0.29) is 42.3 Å². The number of aromatic nitrogens is 3. The van der Waals surface area contributed by atoms with Gasteiger partial charge >= 0.3 is 0 Å². The van der Waals surface area contributed by atoms with Gasteiger partial charge in [0.2, 0.25) is 11.8 Å². The summed E-state index contributed by atoms with van der Waals surface area (Å²) in [5.41, 5.74) is -0.337. The maximum absolute atomic E-state index is 13.2. The van der Waals surface area contributed by atoms with Crippen LogP contribution in [0.25, 0.3) is 11.7 Å². The highest BCUT2D eigenvalue weighted by atomic mass is 19.3. The molecule has 2 saturated carbocycles. The van der Waals surface area contributed by atoms with Gasteiger partial charge in [0.15, 0.2) is 5.56 Å². The zero-order chi connectivity index (χ0) is 26.5. The van der Waals surface area contributed by atoms with E-state index < -0.39 is 23.3 Å². The Kier molecular flexibility index (Phi) is 6.55. The number of piperazine rings is 1. The molecular weight excluding hydrogens is 486 g/mol. The number of alkyl halides is 2. The topological polar surface area (TPSA) is 112 Å². The Hall–Kier alpha value is -3.28. The molecule has 37 heavy (non-hydrogen) atoms. The van der Waals surface area contributed by atoms with Gasteiger partial charge in [0.1, 0.15) is 5.65 Å². The molecule has 0 spiro atoms. The Labute approximate surface area is 212 Å². The highest BCUT2D eigenvalue weighted by Gasteiger charge is 2.48. The predicted molar refractivity (Wildman–Crippen MR) is 132 cm³/mol. The van der Waals surface area contributed by atoms with Crippen LogP contribution in [0.1, 0.15) is 55.5 Å². The molecule has 2 aliphatic carbocycles. The standard InChI is InChI=1S/C25H32F2N6O4/c1-15(2)14-32-22-16(13-28-33(22)24(37)20(23(32)36)21(35)29-17-4-5-17)3-6-19(34)31-9-7-30(8-10-31)18-11-25(26,27)12-18/h3,6,13,15,17-18,36H,4-5,7-12,14H2,1-2H3,(H,29,35)/b6-3+. The van der Waals surface area contributed by atoms with E-state index in [0.717, 1.165) is 17.4 Å². The Bertz CT molecular complexity index is 1300. The largest absolute Gasteiger partial charge is 0.494 e. The van der Waals surface area contributed by atoms with E-state index >= 15 is 0 Å². The fourth-order valence-electron chi connectivity index (χ4n) is 5.01. The second kappa shape index (κ2) is 9.55. The second-order valence-electron chi connectivity index (χ2n) is 10.7. The first-order valence-corrected chi connectivity index (χ1v) is 12.8. The summed E-state index contributed by atoms with van der Waals surface area (Å²) in [5, 5.41) is 17.9. The van der Waals surface area contributed by atoms with Gasteiger partial charge in [-0.25, -0.2) is 8.78 Å². The number of amides is 2. The predicted octanol–water partition coefficient (Wildman–Crippen LogP) is 1.70. The van der Waals surface area contributed by atoms with E-state index in [2.05, 4.69) is 10.4 Å². The normalized spacial score (nSPS) is 20.6. The number of hydrogen-bond acceptors (Lipinski definition) is 6. The lowest BCUT2D eigenvalue weighted by molar-refractivity contribution is -0.139. The zero-order valence-corrected chi connectivity index (χ0v) is 21.0. The van der Waals surface area contributed by atoms with Crippen molar-refractivity contribution in [2.24, 2.45) is 5.92 Å². The van der Waals surface area contributed by atoms with Crippen molar-refractivity contribution >= 4 is 23.5 Å². The van der Waals surface area contributed by atoms with Crippen LogP contribution in [-0.4, -0.2) is 85.1 Å². The SMILES string of the molecule is CC(C)Cn1c(O)c(C(=O)NC2CC2)c(=O)n2ncc(/C=C/C(=O)N3CCN(C4CC(F)(F)C4)CC3)c12. The second-order valence-corrected chi connectivity index (χ2v) is 10.7. The molecule has 1 aliphatic heterocycles. The number of halogens is 2. The molecule has 3 heterocycles. The summed E-state index contributed by atoms with van der Waals surface area (Å²) < 4.78 is 29.0. The van der Waals surface area contributed by atoms with Crippen molar-refractivity contribution in [3.05, 3.63) is 33.8 Å². The summed E-state index contributed by atoms with van der Waals surface area (Å²) in [4.78, 5) is 42.3. The first kappa shape index (κ1) is 25.4. The summed E-state index contributed by atoms with van der Waals surface area (Å²) in [6, 6.07) is -0.109. The Morgan fingerprint density at radius 1 is 1.22 bits per heavy atom. The van der Waals surface area contributed by atoms with Crippen LogP contribution in [0.4, 0.5) is 8.78 Å². The van der Waals surface area contributed by atoms with Crippen LogP contribution in [0, 0.1) is 5.92 Å². The van der Waals surface area contributed by atoms with Crippen molar-refractivity contribution in [2.45, 2.75) is 64.1 Å². The van der Waals surface area contributed by atoms with Gasteiger partial charge in [0, 0.05) is 69.3 Å². The fourth-order valence-corrected chi connectivity index (χ4v) is 5.01. The summed E-state index contributed by atoms with van der Waals surface area (Å²) >= 11 is 0. The van der Waals surface area contributed by atoms with Gasteiger partial charge in [-0.2, -0.15) is 9.61 Å². The number of carbonyl (C=O) groups is 2. The summed E-state index contributed by atoms with van der Waals surface area (Å²) in [6.07, 6.45) is 5.79. The third-order valence-electron chi connectivity index (χ3n) is 7.22. The molecule has 2 aromatic rings. The van der Waals surface area contributed by atoms with Gasteiger partial charge < -0.3 is 15.3 Å². The zero-order valence-electron chi connectivity index (χ0n) is 21.0. The van der Waals surface area contributed by atoms with E-state index in [1.54, 1.807) is 11.0 Å². The first-order valence-electron chi connectivity index (χ1n) is 12.8. The number of fused-ring (bicyclic) bond motifs is 1. The molecule has 5 rings (SSSR count). The van der Waals surface area contributed by atoms with Crippen molar-refractivity contribution < 1.29 is 23.5 Å². The number of nitrogens with zero attached hydrogens (tertiary/aromatic N) is 5. The van der Waals surface area contributed by atoms with Gasteiger partial charge in [-0.15, -0.1) is 0 Å². The molecule has 3 aliphatic rings. The first-order chi connectivity index (χ1) is 17.5. The number of hydrogen-bond donors (Lipinski definition) is 2. The lowest BCUT2D eigenvalue weighted by atomic mass is 9.86. The minimum absolute atomic E-state index is 0.0132. The average Bonchev–Trinajstić information content (AvgIpc) is 3.53. The third kappa shape index (κ3) is 5.11. The Morgan fingerprint density at radius 3 is 2.49 bits per heavy atom. The monoisotopic (exact) mass is 518 g/mol. The minimum Gasteiger partial charge on any atom is -0.494 e. The molecule has 0 radical (unpaired) electrons. The van der Waals surface area contributed by atoms with Crippen molar-refractivity contribution in [2.75, 3.05) is 26.2 Å². The number of nitrogens with one attached hydrogen (secondary N) is 1. The molecule has 2 amide bonds. The smallest absolute Gasteiger partial charge is 0.291 e. The number of aromatic hydroxyl groups is 1. The van der Waals surface area contributed by atoms with Crippen LogP contribution in [0.2, 0.25) is 0 Å². The summed E-state index contributed by atoms with van der Waals surface area (Å²) in [7, 11) is 0. The molecule has 2 aromatic heterocycles. The molecule has 0 unspecified atom stereocenters. The molecule has 12 heteroatoms. The maximum atomic E-state index is 13.2. The van der Waals surface area contributed by atoms with E-state index in [9.17, 15) is 28.3 Å². The van der Waals surface area contributed by atoms with Crippen LogP contribution in [-0.2, 0) is 11.3 Å². The molecule has 200 valence electrons. The Balaban J connectivity index is 1.36. The van der Waals surface area contributed by atoms with Crippen LogP contribution in [0.5, 0.6) is 5.88 Å². The van der Waals surface area contributed by atoms with E-state index in [0.29, 0.717) is 43.9 Å². The Morgan fingerprint density at radius 2 is 1.89 bits per heavy atom. The highest BCUT2D eigenvalue weighted by Crippen LogP contribution is 2.40. The van der Waals surface area contributed by atoms with Crippen LogP contribution < -0.4 is 10.9 Å². The summed E-state index contributed by atoms with van der Waals surface area (Å²) in [5.74, 6) is -3.78. The molecule has 0 aromatic carbocycles. The molecule has 3 fully saturated rings. The quantitative estimate of drug-likeness (QED) is 0.540. The van der Waals surface area contributed by atoms with Crippen molar-refractivity contribution in [1.82, 2.24) is 29.3 Å². The van der Waals surface area contributed by atoms with E-state index in [4.69, 9.17) is 0 Å². The van der Waals surface area contributed by atoms with E-state index in [1.165, 1.54) is 16.8 Å². The summed E-state index contributed by atoms with van der Waals surface area (Å²) in [6.45, 7) is 6.18. The van der Waals surface area contributed by atoms with Gasteiger partial charge in [-0.1, -0.05) is 13.8 Å². The molecule has 0 atom stereocenters. The van der Waals surface area contributed by atoms with Gasteiger partial charge in [0.05, 0.1) is 6.20 Å². The van der Waals surface area contributed by atoms with Crippen molar-refractivity contribution in [3.8, 4) is 5.88 Å².